The van der Waals surface area contributed by atoms with Crippen LogP contribution >= 0.6 is 11.8 Å². The number of hydrogen-bond donors (Lipinski definition) is 1. The first-order valence-electron chi connectivity index (χ1n) is 11.2. The van der Waals surface area contributed by atoms with Gasteiger partial charge in [-0.3, -0.25) is 14.2 Å². The first kappa shape index (κ1) is 25.3. The Balaban J connectivity index is 1.91. The minimum Gasteiger partial charge on any atom is -0.497 e. The van der Waals surface area contributed by atoms with Crippen molar-refractivity contribution in [3.8, 4) is 17.3 Å². The van der Waals surface area contributed by atoms with Gasteiger partial charge in [0.05, 0.1) is 37.3 Å². The van der Waals surface area contributed by atoms with Gasteiger partial charge in [-0.2, -0.15) is 4.98 Å². The predicted molar refractivity (Wildman–Crippen MR) is 133 cm³/mol. The van der Waals surface area contributed by atoms with E-state index in [9.17, 15) is 14.7 Å². The van der Waals surface area contributed by atoms with Crippen molar-refractivity contribution in [2.24, 2.45) is 0 Å². The summed E-state index contributed by atoms with van der Waals surface area (Å²) in [6.07, 6.45) is 1.29. The van der Waals surface area contributed by atoms with Crippen LogP contribution < -0.4 is 10.3 Å². The van der Waals surface area contributed by atoms with Crippen molar-refractivity contribution < 1.29 is 19.4 Å². The van der Waals surface area contributed by atoms with E-state index in [4.69, 9.17) is 9.47 Å². The maximum Gasteiger partial charge on any atom is 0.265 e. The second kappa shape index (κ2) is 11.2. The summed E-state index contributed by atoms with van der Waals surface area (Å²) in [6.45, 7) is 9.01. The van der Waals surface area contributed by atoms with E-state index < -0.39 is 8.07 Å². The third kappa shape index (κ3) is 6.84. The van der Waals surface area contributed by atoms with E-state index in [1.54, 1.807) is 36.3 Å². The maximum absolute atomic E-state index is 13.5. The van der Waals surface area contributed by atoms with Crippen LogP contribution in [0.25, 0.3) is 5.69 Å². The van der Waals surface area contributed by atoms with Gasteiger partial charge in [0.15, 0.2) is 5.16 Å². The Labute approximate surface area is 199 Å². The van der Waals surface area contributed by atoms with Crippen LogP contribution in [-0.4, -0.2) is 72.7 Å². The lowest BCUT2D eigenvalue weighted by Gasteiger charge is -2.26. The highest BCUT2D eigenvalue weighted by molar-refractivity contribution is 7.99. The topological polar surface area (TPSA) is 93.9 Å². The fraction of sp³-hybridized carbons (Fsp3) is 0.522. The molecule has 0 atom stereocenters. The molecule has 33 heavy (non-hydrogen) atoms. The number of benzene rings is 1. The lowest BCUT2D eigenvalue weighted by molar-refractivity contribution is -0.132. The van der Waals surface area contributed by atoms with Crippen molar-refractivity contribution >= 4 is 25.7 Å². The highest BCUT2D eigenvalue weighted by Crippen LogP contribution is 2.25. The van der Waals surface area contributed by atoms with Gasteiger partial charge in [-0.1, -0.05) is 43.9 Å². The first-order chi connectivity index (χ1) is 15.7. The average Bonchev–Trinajstić information content (AvgIpc) is 2.79. The minimum atomic E-state index is -1.27. The van der Waals surface area contributed by atoms with Crippen molar-refractivity contribution in [3.63, 3.8) is 0 Å². The summed E-state index contributed by atoms with van der Waals surface area (Å²) >= 11 is 1.15. The summed E-state index contributed by atoms with van der Waals surface area (Å²) in [6, 6.07) is 8.15. The smallest absolute Gasteiger partial charge is 0.265 e. The summed E-state index contributed by atoms with van der Waals surface area (Å²) in [5.74, 6) is 0.501. The van der Waals surface area contributed by atoms with Crippen molar-refractivity contribution in [1.29, 1.82) is 0 Å². The van der Waals surface area contributed by atoms with E-state index >= 15 is 0 Å². The minimum absolute atomic E-state index is 0.0440. The third-order valence-electron chi connectivity index (χ3n) is 5.50. The second-order valence-electron chi connectivity index (χ2n) is 9.23. The molecule has 1 aromatic heterocycles. The van der Waals surface area contributed by atoms with Crippen LogP contribution in [0.4, 0.5) is 0 Å². The standard InChI is InChI=1S/C23H33N3O5SSi/c1-30-18-9-7-17(8-10-18)26-22(29)19(6-5-15-33(2,3)4)21(28)24-23(26)32-16-20(27)25-11-13-31-14-12-25/h7-10,28H,5-6,11-16H2,1-4H3. The molecular weight excluding hydrogens is 458 g/mol. The van der Waals surface area contributed by atoms with E-state index in [-0.39, 0.29) is 23.1 Å². The second-order valence-corrected chi connectivity index (χ2v) is 15.8. The molecule has 1 aliphatic rings. The van der Waals surface area contributed by atoms with Crippen molar-refractivity contribution in [1.82, 2.24) is 14.5 Å². The zero-order chi connectivity index (χ0) is 24.0. The van der Waals surface area contributed by atoms with E-state index in [0.29, 0.717) is 54.9 Å². The number of morpholine rings is 1. The van der Waals surface area contributed by atoms with E-state index in [2.05, 4.69) is 24.6 Å². The van der Waals surface area contributed by atoms with Gasteiger partial charge in [0.1, 0.15) is 5.75 Å². The third-order valence-corrected chi connectivity index (χ3v) is 8.27. The largest absolute Gasteiger partial charge is 0.497 e. The molecule has 3 rings (SSSR count). The summed E-state index contributed by atoms with van der Waals surface area (Å²) in [4.78, 5) is 32.2. The zero-order valence-corrected chi connectivity index (χ0v) is 21.6. The average molecular weight is 492 g/mol. The summed E-state index contributed by atoms with van der Waals surface area (Å²) in [7, 11) is 0.315. The Kier molecular flexibility index (Phi) is 8.61. The van der Waals surface area contributed by atoms with Crippen LogP contribution in [-0.2, 0) is 16.0 Å². The molecule has 1 aromatic carbocycles. The molecule has 10 heteroatoms. The van der Waals surface area contributed by atoms with Crippen LogP contribution in [0.1, 0.15) is 12.0 Å². The van der Waals surface area contributed by atoms with Gasteiger partial charge in [-0.15, -0.1) is 0 Å². The Morgan fingerprint density at radius 2 is 1.88 bits per heavy atom. The highest BCUT2D eigenvalue weighted by Gasteiger charge is 2.22. The molecule has 180 valence electrons. The monoisotopic (exact) mass is 491 g/mol. The van der Waals surface area contributed by atoms with Crippen LogP contribution in [0, 0.1) is 0 Å². The zero-order valence-electron chi connectivity index (χ0n) is 19.8. The van der Waals surface area contributed by atoms with Crippen molar-refractivity contribution in [2.75, 3.05) is 39.2 Å². The number of amides is 1. The first-order valence-corrected chi connectivity index (χ1v) is 15.9. The number of carbonyl (C=O) groups is 1. The number of aromatic hydroxyl groups is 1. The van der Waals surface area contributed by atoms with Gasteiger partial charge in [-0.05, 0) is 30.7 Å². The van der Waals surface area contributed by atoms with Gasteiger partial charge >= 0.3 is 0 Å². The fourth-order valence-corrected chi connectivity index (χ4v) is 5.77. The van der Waals surface area contributed by atoms with E-state index in [0.717, 1.165) is 24.2 Å². The van der Waals surface area contributed by atoms with Gasteiger partial charge in [0.25, 0.3) is 5.56 Å². The highest BCUT2D eigenvalue weighted by atomic mass is 32.2. The summed E-state index contributed by atoms with van der Waals surface area (Å²) in [5.41, 5.74) is 0.624. The molecule has 0 bridgehead atoms. The normalized spacial score (nSPS) is 14.4. The molecule has 0 saturated carbocycles. The Morgan fingerprint density at radius 1 is 1.21 bits per heavy atom. The number of hydrogen-bond acceptors (Lipinski definition) is 7. The van der Waals surface area contributed by atoms with E-state index in [1.807, 2.05) is 0 Å². The van der Waals surface area contributed by atoms with Crippen LogP contribution in [0.5, 0.6) is 11.6 Å². The summed E-state index contributed by atoms with van der Waals surface area (Å²) in [5, 5.41) is 10.9. The van der Waals surface area contributed by atoms with Crippen molar-refractivity contribution in [3.05, 3.63) is 40.2 Å². The van der Waals surface area contributed by atoms with Crippen molar-refractivity contribution in [2.45, 2.75) is 43.7 Å². The number of nitrogens with zero attached hydrogens (tertiary/aromatic N) is 3. The molecule has 0 radical (unpaired) electrons. The Morgan fingerprint density at radius 3 is 2.48 bits per heavy atom. The quantitative estimate of drug-likeness (QED) is 0.327. The lowest BCUT2D eigenvalue weighted by atomic mass is 10.2. The molecule has 1 fully saturated rings. The van der Waals surface area contributed by atoms with Gasteiger partial charge in [-0.25, -0.2) is 0 Å². The van der Waals surface area contributed by atoms with Crippen LogP contribution in [0.15, 0.2) is 34.2 Å². The number of carbonyl (C=O) groups excluding carboxylic acids is 1. The number of ether oxygens (including phenoxy) is 2. The lowest BCUT2D eigenvalue weighted by Crippen LogP contribution is -2.41. The van der Waals surface area contributed by atoms with Gasteiger partial charge < -0.3 is 19.5 Å². The molecule has 0 unspecified atom stereocenters. The number of thioether (sulfide) groups is 1. The molecule has 0 spiro atoms. The van der Waals surface area contributed by atoms with Crippen LogP contribution in [0.3, 0.4) is 0 Å². The molecule has 1 saturated heterocycles. The molecule has 8 nitrogen and oxygen atoms in total. The van der Waals surface area contributed by atoms with Crippen LogP contribution in [0.2, 0.25) is 25.7 Å². The molecule has 1 aliphatic heterocycles. The number of methoxy groups -OCH3 is 1. The molecular formula is C23H33N3O5SSi. The summed E-state index contributed by atoms with van der Waals surface area (Å²) < 4.78 is 12.0. The van der Waals surface area contributed by atoms with Gasteiger partial charge in [0, 0.05) is 21.2 Å². The molecule has 1 amide bonds. The van der Waals surface area contributed by atoms with Gasteiger partial charge in [0.2, 0.25) is 11.8 Å². The molecule has 2 aromatic rings. The fourth-order valence-electron chi connectivity index (χ4n) is 3.63. The molecule has 0 aliphatic carbocycles. The Bertz CT molecular complexity index is 1010. The molecule has 2 heterocycles. The SMILES string of the molecule is COc1ccc(-n2c(SCC(=O)N3CCOCC3)nc(O)c(CCC[Si](C)(C)C)c2=O)cc1. The predicted octanol–water partition coefficient (Wildman–Crippen LogP) is 3.17. The number of aromatic nitrogens is 2. The number of rotatable bonds is 9. The maximum atomic E-state index is 13.5. The Hall–Kier alpha value is -2.30. The van der Waals surface area contributed by atoms with E-state index in [1.165, 1.54) is 4.57 Å². The molecule has 1 N–H and O–H groups in total.